The summed E-state index contributed by atoms with van der Waals surface area (Å²) in [6.07, 6.45) is 4.36. The van der Waals surface area contributed by atoms with Crippen LogP contribution in [0.3, 0.4) is 0 Å². The molecule has 122 valence electrons. The van der Waals surface area contributed by atoms with E-state index in [-0.39, 0.29) is 13.0 Å². The van der Waals surface area contributed by atoms with Gasteiger partial charge in [-0.15, -0.1) is 0 Å². The molecule has 0 fully saturated rings. The van der Waals surface area contributed by atoms with Crippen molar-refractivity contribution in [3.05, 3.63) is 54.1 Å². The summed E-state index contributed by atoms with van der Waals surface area (Å²) < 4.78 is 1.99. The molecule has 0 saturated heterocycles. The minimum absolute atomic E-state index is 0.0981. The van der Waals surface area contributed by atoms with E-state index in [1.165, 1.54) is 5.56 Å². The number of carbonyl (C=O) groups is 2. The molecule has 0 spiro atoms. The third-order valence-electron chi connectivity index (χ3n) is 3.32. The van der Waals surface area contributed by atoms with E-state index in [1.807, 2.05) is 29.0 Å². The zero-order valence-electron chi connectivity index (χ0n) is 12.7. The summed E-state index contributed by atoms with van der Waals surface area (Å²) in [7, 11) is 0. The first kappa shape index (κ1) is 16.5. The average Bonchev–Trinajstić information content (AvgIpc) is 2.99. The zero-order valence-corrected chi connectivity index (χ0v) is 12.7. The number of aromatic nitrogens is 2. The van der Waals surface area contributed by atoms with E-state index in [9.17, 15) is 9.59 Å². The number of rotatable bonds is 8. The van der Waals surface area contributed by atoms with Crippen LogP contribution in [0.1, 0.15) is 17.8 Å². The van der Waals surface area contributed by atoms with Gasteiger partial charge in [0.05, 0.1) is 13.0 Å². The number of hydrogen-bond acceptors (Lipinski definition) is 3. The maximum Gasteiger partial charge on any atom is 0.315 e. The number of benzene rings is 1. The second-order valence-electron chi connectivity index (χ2n) is 5.03. The van der Waals surface area contributed by atoms with Gasteiger partial charge in [-0.25, -0.2) is 9.78 Å². The number of carbonyl (C=O) groups excluding carboxylic acids is 1. The van der Waals surface area contributed by atoms with Crippen molar-refractivity contribution in [3.63, 3.8) is 0 Å². The second kappa shape index (κ2) is 8.57. The molecule has 1 aromatic heterocycles. The fourth-order valence-corrected chi connectivity index (χ4v) is 2.11. The van der Waals surface area contributed by atoms with Crippen LogP contribution in [-0.2, 0) is 24.3 Å². The van der Waals surface area contributed by atoms with E-state index in [0.717, 1.165) is 18.8 Å². The molecule has 23 heavy (non-hydrogen) atoms. The molecule has 0 unspecified atom stereocenters. The van der Waals surface area contributed by atoms with Gasteiger partial charge in [-0.2, -0.15) is 0 Å². The molecule has 2 aromatic rings. The van der Waals surface area contributed by atoms with Crippen LogP contribution in [-0.4, -0.2) is 33.2 Å². The van der Waals surface area contributed by atoms with Crippen molar-refractivity contribution in [1.29, 1.82) is 0 Å². The molecule has 7 heteroatoms. The van der Waals surface area contributed by atoms with Crippen LogP contribution in [0.25, 0.3) is 0 Å². The molecule has 0 aliphatic heterocycles. The van der Waals surface area contributed by atoms with E-state index in [1.54, 1.807) is 6.20 Å². The Balaban J connectivity index is 1.77. The Morgan fingerprint density at radius 1 is 1.17 bits per heavy atom. The average molecular weight is 316 g/mol. The standard InChI is InChI=1S/C16H20N4O3/c21-15(22)6-8-18-16(23)19-12-14-17-9-11-20(14)10-7-13-4-2-1-3-5-13/h1-5,9,11H,6-8,10,12H2,(H,21,22)(H2,18,19,23). The fraction of sp³-hybridized carbons (Fsp3) is 0.312. The third-order valence-corrected chi connectivity index (χ3v) is 3.32. The van der Waals surface area contributed by atoms with Gasteiger partial charge in [0.15, 0.2) is 0 Å². The number of hydrogen-bond donors (Lipinski definition) is 3. The Hall–Kier alpha value is -2.83. The predicted octanol–water partition coefficient (Wildman–Crippen LogP) is 1.40. The van der Waals surface area contributed by atoms with Crippen molar-refractivity contribution < 1.29 is 14.7 Å². The minimum Gasteiger partial charge on any atom is -0.481 e. The smallest absolute Gasteiger partial charge is 0.315 e. The fourth-order valence-electron chi connectivity index (χ4n) is 2.11. The Morgan fingerprint density at radius 2 is 1.96 bits per heavy atom. The monoisotopic (exact) mass is 316 g/mol. The van der Waals surface area contributed by atoms with Gasteiger partial charge in [0.2, 0.25) is 0 Å². The first-order valence-electron chi connectivity index (χ1n) is 7.42. The molecule has 3 N–H and O–H groups in total. The predicted molar refractivity (Wildman–Crippen MR) is 84.9 cm³/mol. The number of aryl methyl sites for hydroxylation is 2. The van der Waals surface area contributed by atoms with E-state index in [0.29, 0.717) is 6.54 Å². The number of carboxylic acid groups (broad SMARTS) is 1. The van der Waals surface area contributed by atoms with Gasteiger partial charge in [-0.05, 0) is 12.0 Å². The van der Waals surface area contributed by atoms with Crippen molar-refractivity contribution in [2.45, 2.75) is 25.9 Å². The van der Waals surface area contributed by atoms with Crippen molar-refractivity contribution >= 4 is 12.0 Å². The van der Waals surface area contributed by atoms with Gasteiger partial charge in [-0.1, -0.05) is 30.3 Å². The maximum atomic E-state index is 11.6. The third kappa shape index (κ3) is 5.82. The highest BCUT2D eigenvalue weighted by molar-refractivity contribution is 5.74. The highest BCUT2D eigenvalue weighted by Crippen LogP contribution is 2.04. The molecule has 1 aromatic carbocycles. The summed E-state index contributed by atoms with van der Waals surface area (Å²) in [4.78, 5) is 26.2. The molecular weight excluding hydrogens is 296 g/mol. The Kier molecular flexibility index (Phi) is 6.17. The van der Waals surface area contributed by atoms with Crippen molar-refractivity contribution in [1.82, 2.24) is 20.2 Å². The van der Waals surface area contributed by atoms with E-state index < -0.39 is 12.0 Å². The number of aliphatic carboxylic acids is 1. The van der Waals surface area contributed by atoms with E-state index in [2.05, 4.69) is 27.8 Å². The van der Waals surface area contributed by atoms with Crippen LogP contribution in [0.4, 0.5) is 4.79 Å². The normalized spacial score (nSPS) is 10.3. The molecule has 0 radical (unpaired) electrons. The van der Waals surface area contributed by atoms with E-state index in [4.69, 9.17) is 5.11 Å². The molecule has 0 saturated carbocycles. The Bertz CT molecular complexity index is 640. The van der Waals surface area contributed by atoms with Crippen LogP contribution in [0.5, 0.6) is 0 Å². The summed E-state index contributed by atoms with van der Waals surface area (Å²) in [6.45, 7) is 1.17. The largest absolute Gasteiger partial charge is 0.481 e. The van der Waals surface area contributed by atoms with Gasteiger partial charge in [-0.3, -0.25) is 4.79 Å². The van der Waals surface area contributed by atoms with Crippen molar-refractivity contribution in [2.75, 3.05) is 6.54 Å². The zero-order chi connectivity index (χ0) is 16.5. The van der Waals surface area contributed by atoms with E-state index >= 15 is 0 Å². The Morgan fingerprint density at radius 3 is 2.70 bits per heavy atom. The summed E-state index contributed by atoms with van der Waals surface area (Å²) in [5, 5.41) is 13.7. The molecule has 0 aliphatic carbocycles. The number of carboxylic acids is 1. The maximum absolute atomic E-state index is 11.6. The van der Waals surface area contributed by atoms with Gasteiger partial charge in [0.25, 0.3) is 0 Å². The van der Waals surface area contributed by atoms with Crippen LogP contribution in [0.2, 0.25) is 0 Å². The highest BCUT2D eigenvalue weighted by Gasteiger charge is 2.06. The Labute approximate surface area is 134 Å². The minimum atomic E-state index is -0.943. The number of imidazole rings is 1. The lowest BCUT2D eigenvalue weighted by Crippen LogP contribution is -2.36. The van der Waals surface area contributed by atoms with Crippen LogP contribution < -0.4 is 10.6 Å². The molecule has 0 aliphatic rings. The van der Waals surface area contributed by atoms with Gasteiger partial charge in [0, 0.05) is 25.5 Å². The van der Waals surface area contributed by atoms with Gasteiger partial charge in [0.1, 0.15) is 5.82 Å². The molecule has 2 rings (SSSR count). The van der Waals surface area contributed by atoms with Crippen LogP contribution >= 0.6 is 0 Å². The van der Waals surface area contributed by atoms with Gasteiger partial charge >= 0.3 is 12.0 Å². The lowest BCUT2D eigenvalue weighted by atomic mass is 10.1. The van der Waals surface area contributed by atoms with Crippen LogP contribution in [0.15, 0.2) is 42.7 Å². The highest BCUT2D eigenvalue weighted by atomic mass is 16.4. The first-order chi connectivity index (χ1) is 11.1. The summed E-state index contributed by atoms with van der Waals surface area (Å²) in [6, 6.07) is 9.75. The molecule has 0 bridgehead atoms. The lowest BCUT2D eigenvalue weighted by molar-refractivity contribution is -0.136. The second-order valence-corrected chi connectivity index (χ2v) is 5.03. The topological polar surface area (TPSA) is 96.2 Å². The molecular formula is C16H20N4O3. The van der Waals surface area contributed by atoms with Crippen molar-refractivity contribution in [3.8, 4) is 0 Å². The summed E-state index contributed by atoms with van der Waals surface area (Å²) in [5.74, 6) is -0.184. The summed E-state index contributed by atoms with van der Waals surface area (Å²) in [5.41, 5.74) is 1.24. The number of amides is 2. The number of nitrogens with zero attached hydrogens (tertiary/aromatic N) is 2. The van der Waals surface area contributed by atoms with Crippen molar-refractivity contribution in [2.24, 2.45) is 0 Å². The van der Waals surface area contributed by atoms with Crippen LogP contribution in [0, 0.1) is 0 Å². The molecule has 2 amide bonds. The molecule has 0 atom stereocenters. The first-order valence-corrected chi connectivity index (χ1v) is 7.42. The number of urea groups is 1. The molecule has 7 nitrogen and oxygen atoms in total. The molecule has 1 heterocycles. The SMILES string of the molecule is O=C(O)CCNC(=O)NCc1nccn1CCc1ccccc1. The summed E-state index contributed by atoms with van der Waals surface area (Å²) >= 11 is 0. The quantitative estimate of drug-likeness (QED) is 0.686. The lowest BCUT2D eigenvalue weighted by Gasteiger charge is -2.10. The number of nitrogens with one attached hydrogen (secondary N) is 2. The van der Waals surface area contributed by atoms with Gasteiger partial charge < -0.3 is 20.3 Å².